The second-order valence-corrected chi connectivity index (χ2v) is 5.44. The molecular weight excluding hydrogens is 270 g/mol. The number of hydrogen-bond donors (Lipinski definition) is 0. The Balaban J connectivity index is 2.20. The number of nitrogens with zero attached hydrogens (tertiary/aromatic N) is 1. The van der Waals surface area contributed by atoms with Gasteiger partial charge in [-0.15, -0.1) is 11.6 Å². The van der Waals surface area contributed by atoms with Crippen LogP contribution in [0.3, 0.4) is 0 Å². The van der Waals surface area contributed by atoms with E-state index in [0.717, 1.165) is 29.9 Å². The molecule has 0 aliphatic carbocycles. The summed E-state index contributed by atoms with van der Waals surface area (Å²) in [6.07, 6.45) is 0.970. The van der Waals surface area contributed by atoms with Crippen molar-refractivity contribution in [3.63, 3.8) is 0 Å². The van der Waals surface area contributed by atoms with Gasteiger partial charge in [-0.1, -0.05) is 24.3 Å². The lowest BCUT2D eigenvalue weighted by molar-refractivity contribution is 0.102. The number of hydrogen-bond acceptors (Lipinski definition) is 1. The van der Waals surface area contributed by atoms with E-state index in [-0.39, 0.29) is 11.7 Å². The summed E-state index contributed by atoms with van der Waals surface area (Å²) < 4.78 is 2.20. The van der Waals surface area contributed by atoms with Gasteiger partial charge in [0.05, 0.1) is 5.88 Å². The van der Waals surface area contributed by atoms with Gasteiger partial charge >= 0.3 is 0 Å². The number of benzene rings is 1. The lowest BCUT2D eigenvalue weighted by atomic mass is 10.1. The minimum atomic E-state index is 0.00177. The number of alkyl halides is 1. The van der Waals surface area contributed by atoms with Crippen LogP contribution in [0.25, 0.3) is 0 Å². The molecule has 0 radical (unpaired) electrons. The molecule has 0 aliphatic rings. The molecule has 0 unspecified atom stereocenters. The van der Waals surface area contributed by atoms with Gasteiger partial charge in [-0.2, -0.15) is 0 Å². The molecule has 0 fully saturated rings. The first-order valence-electron chi connectivity index (χ1n) is 6.85. The zero-order chi connectivity index (χ0) is 14.7. The van der Waals surface area contributed by atoms with E-state index >= 15 is 0 Å². The molecule has 106 valence electrons. The molecule has 1 heterocycles. The highest BCUT2D eigenvalue weighted by atomic mass is 35.5. The SMILES string of the molecule is Cc1ccccc1CCn1c(C)cc(C(=O)CCl)c1C. The minimum Gasteiger partial charge on any atom is -0.348 e. The Hall–Kier alpha value is -1.54. The van der Waals surface area contributed by atoms with Crippen molar-refractivity contribution in [2.45, 2.75) is 33.7 Å². The van der Waals surface area contributed by atoms with Crippen molar-refractivity contribution in [3.05, 3.63) is 58.4 Å². The van der Waals surface area contributed by atoms with Crippen molar-refractivity contribution < 1.29 is 4.79 Å². The first-order chi connectivity index (χ1) is 9.54. The monoisotopic (exact) mass is 289 g/mol. The number of aryl methyl sites for hydroxylation is 3. The molecule has 20 heavy (non-hydrogen) atoms. The van der Waals surface area contributed by atoms with Gasteiger partial charge in [0.1, 0.15) is 0 Å². The van der Waals surface area contributed by atoms with Gasteiger partial charge in [0.15, 0.2) is 5.78 Å². The first kappa shape index (κ1) is 14.9. The van der Waals surface area contributed by atoms with E-state index in [4.69, 9.17) is 11.6 Å². The van der Waals surface area contributed by atoms with E-state index in [1.165, 1.54) is 11.1 Å². The molecule has 0 spiro atoms. The largest absolute Gasteiger partial charge is 0.348 e. The zero-order valence-corrected chi connectivity index (χ0v) is 13.0. The van der Waals surface area contributed by atoms with Gasteiger partial charge < -0.3 is 4.57 Å². The molecule has 0 N–H and O–H groups in total. The van der Waals surface area contributed by atoms with Crippen LogP contribution in [0.4, 0.5) is 0 Å². The fourth-order valence-electron chi connectivity index (χ4n) is 2.62. The van der Waals surface area contributed by atoms with Gasteiger partial charge in [-0.3, -0.25) is 4.79 Å². The normalized spacial score (nSPS) is 10.8. The van der Waals surface area contributed by atoms with Gasteiger partial charge in [0, 0.05) is 23.5 Å². The molecule has 0 bridgehead atoms. The number of rotatable bonds is 5. The van der Waals surface area contributed by atoms with Crippen LogP contribution < -0.4 is 0 Å². The maximum atomic E-state index is 11.8. The first-order valence-corrected chi connectivity index (χ1v) is 7.38. The van der Waals surface area contributed by atoms with Crippen molar-refractivity contribution >= 4 is 17.4 Å². The number of ketones is 1. The average Bonchev–Trinajstić information content (AvgIpc) is 2.73. The third kappa shape index (κ3) is 2.96. The molecule has 2 rings (SSSR count). The number of carbonyl (C=O) groups is 1. The van der Waals surface area contributed by atoms with Crippen molar-refractivity contribution in [2.75, 3.05) is 5.88 Å². The van der Waals surface area contributed by atoms with Crippen LogP contribution in [0.2, 0.25) is 0 Å². The molecule has 0 saturated heterocycles. The summed E-state index contributed by atoms with van der Waals surface area (Å²) in [5.41, 5.74) is 5.55. The number of Topliss-reactive ketones (excluding diaryl/α,β-unsaturated/α-hetero) is 1. The third-order valence-electron chi connectivity index (χ3n) is 3.86. The molecular formula is C17H20ClNO. The second-order valence-electron chi connectivity index (χ2n) is 5.17. The Kier molecular flexibility index (Phi) is 4.66. The van der Waals surface area contributed by atoms with Crippen molar-refractivity contribution in [2.24, 2.45) is 0 Å². The maximum Gasteiger partial charge on any atom is 0.179 e. The van der Waals surface area contributed by atoms with E-state index in [1.807, 2.05) is 19.9 Å². The van der Waals surface area contributed by atoms with Crippen LogP contribution in [0, 0.1) is 20.8 Å². The van der Waals surface area contributed by atoms with Crippen LogP contribution in [0.15, 0.2) is 30.3 Å². The Morgan fingerprint density at radius 3 is 2.55 bits per heavy atom. The number of aromatic nitrogens is 1. The highest BCUT2D eigenvalue weighted by Crippen LogP contribution is 2.18. The smallest absolute Gasteiger partial charge is 0.179 e. The Morgan fingerprint density at radius 1 is 1.20 bits per heavy atom. The number of carbonyl (C=O) groups excluding carboxylic acids is 1. The second kappa shape index (κ2) is 6.27. The predicted molar refractivity (Wildman–Crippen MR) is 83.8 cm³/mol. The molecule has 0 saturated carbocycles. The summed E-state index contributed by atoms with van der Waals surface area (Å²) in [7, 11) is 0. The van der Waals surface area contributed by atoms with E-state index < -0.39 is 0 Å². The van der Waals surface area contributed by atoms with Crippen LogP contribution in [-0.2, 0) is 13.0 Å². The highest BCUT2D eigenvalue weighted by molar-refractivity contribution is 6.30. The van der Waals surface area contributed by atoms with Crippen molar-refractivity contribution in [3.8, 4) is 0 Å². The fourth-order valence-corrected chi connectivity index (χ4v) is 2.77. The summed E-state index contributed by atoms with van der Waals surface area (Å²) >= 11 is 5.66. The Bertz CT molecular complexity index is 628. The molecule has 3 heteroatoms. The van der Waals surface area contributed by atoms with Crippen molar-refractivity contribution in [1.82, 2.24) is 4.57 Å². The summed E-state index contributed by atoms with van der Waals surface area (Å²) in [6.45, 7) is 7.05. The van der Waals surface area contributed by atoms with Gasteiger partial charge in [0.25, 0.3) is 0 Å². The average molecular weight is 290 g/mol. The topological polar surface area (TPSA) is 22.0 Å². The summed E-state index contributed by atoms with van der Waals surface area (Å²) in [5, 5.41) is 0. The molecule has 2 aromatic rings. The molecule has 2 nitrogen and oxygen atoms in total. The van der Waals surface area contributed by atoms with E-state index in [0.29, 0.717) is 0 Å². The zero-order valence-electron chi connectivity index (χ0n) is 12.2. The molecule has 0 atom stereocenters. The Labute approximate surface area is 125 Å². The van der Waals surface area contributed by atoms with Crippen LogP contribution in [0.1, 0.15) is 32.9 Å². The standard InChI is InChI=1S/C17H20ClNO/c1-12-6-4-5-7-15(12)8-9-19-13(2)10-16(14(19)3)17(20)11-18/h4-7,10H,8-9,11H2,1-3H3. The van der Waals surface area contributed by atoms with Crippen molar-refractivity contribution in [1.29, 1.82) is 0 Å². The maximum absolute atomic E-state index is 11.8. The summed E-state index contributed by atoms with van der Waals surface area (Å²) in [4.78, 5) is 11.8. The summed E-state index contributed by atoms with van der Waals surface area (Å²) in [6, 6.07) is 10.4. The van der Waals surface area contributed by atoms with Gasteiger partial charge in [-0.25, -0.2) is 0 Å². The van der Waals surface area contributed by atoms with Crippen LogP contribution >= 0.6 is 11.6 Å². The van der Waals surface area contributed by atoms with E-state index in [1.54, 1.807) is 0 Å². The minimum absolute atomic E-state index is 0.00177. The predicted octanol–water partition coefficient (Wildman–Crippen LogP) is 4.08. The highest BCUT2D eigenvalue weighted by Gasteiger charge is 2.14. The molecule has 1 aromatic heterocycles. The number of halogens is 1. The van der Waals surface area contributed by atoms with Gasteiger partial charge in [-0.05, 0) is 44.4 Å². The lowest BCUT2D eigenvalue weighted by Gasteiger charge is -2.11. The molecule has 0 aliphatic heterocycles. The van der Waals surface area contributed by atoms with Crippen LogP contribution in [-0.4, -0.2) is 16.2 Å². The van der Waals surface area contributed by atoms with Gasteiger partial charge in [0.2, 0.25) is 0 Å². The quantitative estimate of drug-likeness (QED) is 0.600. The van der Waals surface area contributed by atoms with Crippen LogP contribution in [0.5, 0.6) is 0 Å². The van der Waals surface area contributed by atoms with E-state index in [2.05, 4.69) is 35.8 Å². The van der Waals surface area contributed by atoms with E-state index in [9.17, 15) is 4.79 Å². The fraction of sp³-hybridized carbons (Fsp3) is 0.353. The Morgan fingerprint density at radius 2 is 1.90 bits per heavy atom. The lowest BCUT2D eigenvalue weighted by Crippen LogP contribution is -2.08. The molecule has 1 aromatic carbocycles. The molecule has 0 amide bonds. The summed E-state index contributed by atoms with van der Waals surface area (Å²) in [5.74, 6) is 0.0455. The third-order valence-corrected chi connectivity index (χ3v) is 4.10.